The zero-order chi connectivity index (χ0) is 15.9. The first kappa shape index (κ1) is 19.8. The van der Waals surface area contributed by atoms with E-state index < -0.39 is 0 Å². The van der Waals surface area contributed by atoms with Crippen LogP contribution in [0.3, 0.4) is 0 Å². The molecule has 1 saturated heterocycles. The van der Waals surface area contributed by atoms with Crippen LogP contribution >= 0.6 is 12.4 Å². The average Bonchev–Trinajstić information content (AvgIpc) is 2.56. The highest BCUT2D eigenvalue weighted by atomic mass is 35.5. The van der Waals surface area contributed by atoms with Gasteiger partial charge in [0.25, 0.3) is 0 Å². The van der Waals surface area contributed by atoms with Crippen molar-refractivity contribution >= 4 is 18.3 Å². The largest absolute Gasteiger partial charge is 0.497 e. The molecule has 0 bridgehead atoms. The van der Waals surface area contributed by atoms with Crippen LogP contribution in [-0.2, 0) is 11.3 Å². The number of carbonyl (C=O) groups excluding carboxylic acids is 1. The minimum atomic E-state index is 0. The fourth-order valence-electron chi connectivity index (χ4n) is 3.06. The van der Waals surface area contributed by atoms with Crippen LogP contribution in [-0.4, -0.2) is 38.1 Å². The number of carbonyl (C=O) groups is 1. The molecular weight excluding hydrogens is 312 g/mol. The highest BCUT2D eigenvalue weighted by Crippen LogP contribution is 2.23. The molecule has 1 N–H and O–H groups in total. The summed E-state index contributed by atoms with van der Waals surface area (Å²) < 4.78 is 5.15. The molecule has 1 aromatic rings. The zero-order valence-corrected chi connectivity index (χ0v) is 15.2. The van der Waals surface area contributed by atoms with Crippen molar-refractivity contribution < 1.29 is 9.53 Å². The van der Waals surface area contributed by atoms with E-state index in [9.17, 15) is 4.79 Å². The zero-order valence-electron chi connectivity index (χ0n) is 14.4. The number of hydrogen-bond donors (Lipinski definition) is 1. The van der Waals surface area contributed by atoms with Gasteiger partial charge in [0.05, 0.1) is 7.11 Å². The molecule has 1 amide bonds. The number of benzene rings is 1. The highest BCUT2D eigenvalue weighted by molar-refractivity contribution is 5.85. The lowest BCUT2D eigenvalue weighted by Crippen LogP contribution is -2.36. The molecule has 23 heavy (non-hydrogen) atoms. The van der Waals surface area contributed by atoms with Crippen LogP contribution in [0.1, 0.15) is 31.7 Å². The number of ether oxygens (including phenoxy) is 1. The predicted octanol–water partition coefficient (Wildman–Crippen LogP) is 3.10. The summed E-state index contributed by atoms with van der Waals surface area (Å²) in [6.45, 7) is 5.03. The van der Waals surface area contributed by atoms with Gasteiger partial charge in [0.1, 0.15) is 5.75 Å². The molecule has 0 saturated carbocycles. The van der Waals surface area contributed by atoms with Crippen molar-refractivity contribution in [2.45, 2.75) is 32.7 Å². The third-order valence-electron chi connectivity index (χ3n) is 4.64. The van der Waals surface area contributed by atoms with Crippen LogP contribution in [0.4, 0.5) is 0 Å². The third-order valence-corrected chi connectivity index (χ3v) is 4.64. The van der Waals surface area contributed by atoms with Crippen LogP contribution in [0.2, 0.25) is 0 Å². The van der Waals surface area contributed by atoms with Gasteiger partial charge >= 0.3 is 0 Å². The summed E-state index contributed by atoms with van der Waals surface area (Å²) >= 11 is 0. The Labute approximate surface area is 146 Å². The van der Waals surface area contributed by atoms with Gasteiger partial charge in [-0.05, 0) is 55.5 Å². The molecule has 130 valence electrons. The van der Waals surface area contributed by atoms with Crippen molar-refractivity contribution in [3.05, 3.63) is 29.8 Å². The molecule has 0 aromatic heterocycles. The Morgan fingerprint density at radius 3 is 2.65 bits per heavy atom. The van der Waals surface area contributed by atoms with Gasteiger partial charge < -0.3 is 15.0 Å². The Morgan fingerprint density at radius 1 is 1.39 bits per heavy atom. The number of hydrogen-bond acceptors (Lipinski definition) is 3. The fourth-order valence-corrected chi connectivity index (χ4v) is 3.06. The van der Waals surface area contributed by atoms with E-state index in [4.69, 9.17) is 4.74 Å². The summed E-state index contributed by atoms with van der Waals surface area (Å²) in [6, 6.07) is 7.89. The molecule has 2 atom stereocenters. The van der Waals surface area contributed by atoms with Crippen molar-refractivity contribution in [3.63, 3.8) is 0 Å². The molecule has 1 heterocycles. The van der Waals surface area contributed by atoms with E-state index in [1.54, 1.807) is 7.11 Å². The van der Waals surface area contributed by atoms with Gasteiger partial charge in [0, 0.05) is 20.0 Å². The molecular formula is C18H29ClN2O2. The Balaban J connectivity index is 0.00000264. The van der Waals surface area contributed by atoms with E-state index in [0.717, 1.165) is 24.4 Å². The Kier molecular flexibility index (Phi) is 8.42. The molecule has 0 aliphatic carbocycles. The van der Waals surface area contributed by atoms with E-state index in [1.807, 2.05) is 36.2 Å². The van der Waals surface area contributed by atoms with Crippen LogP contribution in [0.5, 0.6) is 5.75 Å². The molecule has 1 fully saturated rings. The summed E-state index contributed by atoms with van der Waals surface area (Å²) in [5, 5.41) is 3.43. The maximum Gasteiger partial charge on any atom is 0.222 e. The predicted molar refractivity (Wildman–Crippen MR) is 96.1 cm³/mol. The van der Waals surface area contributed by atoms with Crippen molar-refractivity contribution in [3.8, 4) is 5.75 Å². The molecule has 0 spiro atoms. The summed E-state index contributed by atoms with van der Waals surface area (Å²) in [6.07, 6.45) is 3.10. The first-order valence-corrected chi connectivity index (χ1v) is 8.17. The summed E-state index contributed by atoms with van der Waals surface area (Å²) in [5.41, 5.74) is 1.13. The number of rotatable bonds is 6. The van der Waals surface area contributed by atoms with Gasteiger partial charge in [-0.2, -0.15) is 0 Å². The lowest BCUT2D eigenvalue weighted by atomic mass is 9.85. The lowest BCUT2D eigenvalue weighted by Gasteiger charge is -2.29. The summed E-state index contributed by atoms with van der Waals surface area (Å²) in [7, 11) is 3.55. The second-order valence-corrected chi connectivity index (χ2v) is 6.39. The minimum Gasteiger partial charge on any atom is -0.497 e. The van der Waals surface area contributed by atoms with Gasteiger partial charge in [-0.3, -0.25) is 4.79 Å². The molecule has 1 aliphatic rings. The topological polar surface area (TPSA) is 41.6 Å². The number of piperidine rings is 1. The number of methoxy groups -OCH3 is 1. The van der Waals surface area contributed by atoms with Crippen LogP contribution in [0, 0.1) is 11.8 Å². The molecule has 5 heteroatoms. The number of halogens is 1. The second kappa shape index (κ2) is 9.78. The maximum absolute atomic E-state index is 12.4. The van der Waals surface area contributed by atoms with E-state index in [1.165, 1.54) is 12.8 Å². The first-order chi connectivity index (χ1) is 10.6. The third kappa shape index (κ3) is 6.04. The SMILES string of the molecule is COc1ccc(CN(C)C(=O)CC(C)C2CCCNC2)cc1.Cl. The summed E-state index contributed by atoms with van der Waals surface area (Å²) in [5.74, 6) is 2.15. The van der Waals surface area contributed by atoms with Crippen molar-refractivity contribution in [1.82, 2.24) is 10.2 Å². The summed E-state index contributed by atoms with van der Waals surface area (Å²) in [4.78, 5) is 14.2. The molecule has 4 nitrogen and oxygen atoms in total. The van der Waals surface area contributed by atoms with E-state index in [2.05, 4.69) is 12.2 Å². The quantitative estimate of drug-likeness (QED) is 0.865. The van der Waals surface area contributed by atoms with Crippen LogP contribution in [0.25, 0.3) is 0 Å². The molecule has 0 radical (unpaired) electrons. The maximum atomic E-state index is 12.4. The molecule has 2 unspecified atom stereocenters. The highest BCUT2D eigenvalue weighted by Gasteiger charge is 2.23. The van der Waals surface area contributed by atoms with Crippen LogP contribution < -0.4 is 10.1 Å². The first-order valence-electron chi connectivity index (χ1n) is 8.17. The van der Waals surface area contributed by atoms with E-state index in [0.29, 0.717) is 24.8 Å². The smallest absolute Gasteiger partial charge is 0.222 e. The standard InChI is InChI=1S/C18H28N2O2.ClH/c1-14(16-5-4-10-19-12-16)11-18(21)20(2)13-15-6-8-17(22-3)9-7-15;/h6-9,14,16,19H,4-5,10-13H2,1-3H3;1H. The van der Waals surface area contributed by atoms with Crippen molar-refractivity contribution in [2.75, 3.05) is 27.2 Å². The van der Waals surface area contributed by atoms with Crippen molar-refractivity contribution in [2.24, 2.45) is 11.8 Å². The van der Waals surface area contributed by atoms with Gasteiger partial charge in [-0.25, -0.2) is 0 Å². The Morgan fingerprint density at radius 2 is 2.09 bits per heavy atom. The minimum absolute atomic E-state index is 0. The lowest BCUT2D eigenvalue weighted by molar-refractivity contribution is -0.131. The number of amides is 1. The molecule has 1 aromatic carbocycles. The average molecular weight is 341 g/mol. The number of nitrogens with zero attached hydrogens (tertiary/aromatic N) is 1. The van der Waals surface area contributed by atoms with E-state index >= 15 is 0 Å². The van der Waals surface area contributed by atoms with Gasteiger partial charge in [-0.1, -0.05) is 19.1 Å². The fraction of sp³-hybridized carbons (Fsp3) is 0.611. The normalized spacial score (nSPS) is 18.7. The monoisotopic (exact) mass is 340 g/mol. The Bertz CT molecular complexity index is 472. The van der Waals surface area contributed by atoms with Gasteiger partial charge in [0.15, 0.2) is 0 Å². The second-order valence-electron chi connectivity index (χ2n) is 6.39. The van der Waals surface area contributed by atoms with Gasteiger partial charge in [0.2, 0.25) is 5.91 Å². The Hall–Kier alpha value is -1.26. The molecule has 1 aliphatic heterocycles. The van der Waals surface area contributed by atoms with Gasteiger partial charge in [-0.15, -0.1) is 12.4 Å². The number of nitrogens with one attached hydrogen (secondary N) is 1. The van der Waals surface area contributed by atoms with E-state index in [-0.39, 0.29) is 18.3 Å². The van der Waals surface area contributed by atoms with Crippen LogP contribution in [0.15, 0.2) is 24.3 Å². The van der Waals surface area contributed by atoms with Crippen molar-refractivity contribution in [1.29, 1.82) is 0 Å². The molecule has 2 rings (SSSR count).